The van der Waals surface area contributed by atoms with Crippen LogP contribution < -0.4 is 19.7 Å². The Kier molecular flexibility index (Phi) is 4.92. The molecule has 2 heterocycles. The molecule has 2 aliphatic heterocycles. The SMILES string of the molecule is c1ccc(C2=NN(c3ccccc3)P3(c4ccccc4)(Nc4ccccc4O3)C2c2ccccc2)cc1. The molecule has 37 heavy (non-hydrogen) atoms. The monoisotopic (exact) mass is 499 g/mol. The van der Waals surface area contributed by atoms with Gasteiger partial charge in [0.1, 0.15) is 0 Å². The number of para-hydroxylation sites is 3. The molecule has 4 nitrogen and oxygen atoms in total. The number of hydrogen-bond acceptors (Lipinski definition) is 4. The Hall–Kier alpha value is -4.40. The van der Waals surface area contributed by atoms with Gasteiger partial charge in [-0.05, 0) is 0 Å². The van der Waals surface area contributed by atoms with E-state index in [4.69, 9.17) is 9.63 Å². The molecule has 0 saturated heterocycles. The van der Waals surface area contributed by atoms with E-state index in [1.54, 1.807) is 0 Å². The Morgan fingerprint density at radius 2 is 1.19 bits per heavy atom. The number of rotatable bonds is 4. The van der Waals surface area contributed by atoms with Gasteiger partial charge in [-0.3, -0.25) is 0 Å². The van der Waals surface area contributed by atoms with Crippen molar-refractivity contribution in [2.75, 3.05) is 9.87 Å². The van der Waals surface area contributed by atoms with Gasteiger partial charge < -0.3 is 0 Å². The maximum atomic E-state index is 7.45. The van der Waals surface area contributed by atoms with Crippen molar-refractivity contribution in [2.45, 2.75) is 5.66 Å². The van der Waals surface area contributed by atoms with Crippen LogP contribution in [-0.4, -0.2) is 5.71 Å². The number of fused-ring (bicyclic) bond motifs is 1. The summed E-state index contributed by atoms with van der Waals surface area (Å²) in [6, 6.07) is 50.4. The first kappa shape index (κ1) is 21.8. The van der Waals surface area contributed by atoms with Crippen LogP contribution in [0, 0.1) is 0 Å². The third-order valence-corrected chi connectivity index (χ3v) is 12.4. The molecule has 1 spiro atoms. The molecule has 0 amide bonds. The first-order chi connectivity index (χ1) is 18.3. The third kappa shape index (κ3) is 3.09. The molecule has 1 N–H and O–H groups in total. The Morgan fingerprint density at radius 3 is 1.86 bits per heavy atom. The molecule has 7 rings (SSSR count). The van der Waals surface area contributed by atoms with Crippen molar-refractivity contribution in [3.8, 4) is 5.75 Å². The van der Waals surface area contributed by atoms with E-state index in [-0.39, 0.29) is 5.66 Å². The molecule has 0 fully saturated rings. The van der Waals surface area contributed by atoms with E-state index in [2.05, 4.69) is 137 Å². The first-order valence-electron chi connectivity index (χ1n) is 12.5. The van der Waals surface area contributed by atoms with E-state index < -0.39 is 7.13 Å². The molecular formula is C32H26N3OP. The molecule has 0 aliphatic carbocycles. The zero-order chi connectivity index (χ0) is 24.7. The normalized spacial score (nSPS) is 19.7. The molecule has 0 bridgehead atoms. The van der Waals surface area contributed by atoms with Crippen LogP contribution in [0.1, 0.15) is 16.8 Å². The zero-order valence-electron chi connectivity index (χ0n) is 20.2. The van der Waals surface area contributed by atoms with Crippen LogP contribution in [-0.2, 0) is 0 Å². The van der Waals surface area contributed by atoms with Crippen molar-refractivity contribution in [3.05, 3.63) is 157 Å². The minimum atomic E-state index is -3.84. The number of hydrazone groups is 1. The van der Waals surface area contributed by atoms with Crippen LogP contribution in [0.2, 0.25) is 0 Å². The summed E-state index contributed by atoms with van der Waals surface area (Å²) in [5.41, 5.74) is 5.00. The molecule has 180 valence electrons. The fourth-order valence-electron chi connectivity index (χ4n) is 5.71. The second-order valence-electron chi connectivity index (χ2n) is 9.38. The van der Waals surface area contributed by atoms with Crippen molar-refractivity contribution in [2.24, 2.45) is 5.10 Å². The molecule has 2 aliphatic rings. The summed E-state index contributed by atoms with van der Waals surface area (Å²) in [4.78, 5) is 0. The second kappa shape index (κ2) is 8.33. The van der Waals surface area contributed by atoms with Gasteiger partial charge in [-0.1, -0.05) is 0 Å². The van der Waals surface area contributed by atoms with Crippen LogP contribution in [0.3, 0.4) is 0 Å². The molecule has 5 aromatic rings. The molecule has 1 atom stereocenters. The van der Waals surface area contributed by atoms with E-state index >= 15 is 0 Å². The number of nitrogens with zero attached hydrogens (tertiary/aromatic N) is 2. The van der Waals surface area contributed by atoms with Gasteiger partial charge in [-0.15, -0.1) is 0 Å². The fraction of sp³-hybridized carbons (Fsp3) is 0.0312. The van der Waals surface area contributed by atoms with Crippen LogP contribution in [0.25, 0.3) is 0 Å². The average molecular weight is 500 g/mol. The summed E-state index contributed by atoms with van der Waals surface area (Å²) < 4.78 is 9.63. The van der Waals surface area contributed by atoms with Gasteiger partial charge in [-0.2, -0.15) is 0 Å². The predicted octanol–water partition coefficient (Wildman–Crippen LogP) is 7.78. The average Bonchev–Trinajstić information content (AvgIpc) is 3.49. The van der Waals surface area contributed by atoms with Gasteiger partial charge in [0, 0.05) is 0 Å². The van der Waals surface area contributed by atoms with Gasteiger partial charge in [0.25, 0.3) is 0 Å². The van der Waals surface area contributed by atoms with Crippen molar-refractivity contribution in [1.29, 1.82) is 0 Å². The molecule has 1 unspecified atom stereocenters. The molecular weight excluding hydrogens is 473 g/mol. The van der Waals surface area contributed by atoms with Crippen molar-refractivity contribution < 1.29 is 4.52 Å². The number of nitrogens with one attached hydrogen (secondary N) is 1. The summed E-state index contributed by atoms with van der Waals surface area (Å²) in [6.07, 6.45) is 0. The molecule has 0 aromatic heterocycles. The summed E-state index contributed by atoms with van der Waals surface area (Å²) >= 11 is 0. The van der Waals surface area contributed by atoms with E-state index in [0.717, 1.165) is 39.3 Å². The van der Waals surface area contributed by atoms with Crippen LogP contribution in [0.15, 0.2) is 151 Å². The van der Waals surface area contributed by atoms with Crippen molar-refractivity contribution in [1.82, 2.24) is 0 Å². The number of anilines is 2. The topological polar surface area (TPSA) is 36.9 Å². The molecule has 5 aromatic carbocycles. The maximum absolute atomic E-state index is 7.45. The summed E-state index contributed by atoms with van der Waals surface area (Å²) in [5.74, 6) is 0.843. The number of benzene rings is 5. The zero-order valence-corrected chi connectivity index (χ0v) is 21.1. The van der Waals surface area contributed by atoms with Crippen LogP contribution in [0.5, 0.6) is 5.75 Å². The quantitative estimate of drug-likeness (QED) is 0.257. The van der Waals surface area contributed by atoms with Crippen molar-refractivity contribution >= 4 is 29.5 Å². The predicted molar refractivity (Wildman–Crippen MR) is 155 cm³/mol. The Morgan fingerprint density at radius 1 is 0.622 bits per heavy atom. The Bertz CT molecular complexity index is 1570. The molecule has 5 heteroatoms. The summed E-state index contributed by atoms with van der Waals surface area (Å²) in [5, 5.41) is 10.6. The van der Waals surface area contributed by atoms with E-state index in [1.807, 2.05) is 18.2 Å². The number of hydrogen-bond donors (Lipinski definition) is 1. The molecule has 0 radical (unpaired) electrons. The minimum absolute atomic E-state index is 0.190. The van der Waals surface area contributed by atoms with Crippen LogP contribution in [0.4, 0.5) is 11.4 Å². The Labute approximate surface area is 217 Å². The van der Waals surface area contributed by atoms with Gasteiger partial charge in [-0.25, -0.2) is 0 Å². The van der Waals surface area contributed by atoms with E-state index in [0.29, 0.717) is 0 Å². The van der Waals surface area contributed by atoms with Gasteiger partial charge in [0.2, 0.25) is 0 Å². The summed E-state index contributed by atoms with van der Waals surface area (Å²) in [7, 11) is -3.84. The first-order valence-corrected chi connectivity index (χ1v) is 14.7. The second-order valence-corrected chi connectivity index (χ2v) is 13.3. The third-order valence-electron chi connectivity index (χ3n) is 7.25. The summed E-state index contributed by atoms with van der Waals surface area (Å²) in [6.45, 7) is 0. The molecule has 0 saturated carbocycles. The van der Waals surface area contributed by atoms with Gasteiger partial charge in [0.15, 0.2) is 0 Å². The van der Waals surface area contributed by atoms with E-state index in [9.17, 15) is 0 Å². The van der Waals surface area contributed by atoms with Gasteiger partial charge in [0.05, 0.1) is 0 Å². The van der Waals surface area contributed by atoms with E-state index in [1.165, 1.54) is 0 Å². The van der Waals surface area contributed by atoms with Crippen molar-refractivity contribution in [3.63, 3.8) is 0 Å². The van der Waals surface area contributed by atoms with Crippen LogP contribution >= 0.6 is 7.13 Å². The standard InChI is InChI=1S/C32H26N3OP/c1-5-15-25(16-6-1)31-32(26-17-7-2-8-18-26)37(28-21-11-4-12-22-28,34-29-23-13-14-24-30(29)36-37)35(33-31)27-19-9-3-10-20-27/h1-24,32,34H. The fourth-order valence-corrected chi connectivity index (χ4v) is 11.3. The Balaban J connectivity index is 1.63. The van der Waals surface area contributed by atoms with Gasteiger partial charge >= 0.3 is 217 Å².